The van der Waals surface area contributed by atoms with Crippen LogP contribution in [0.3, 0.4) is 0 Å². The second kappa shape index (κ2) is 11.6. The van der Waals surface area contributed by atoms with Crippen molar-refractivity contribution < 1.29 is 28.6 Å². The Labute approximate surface area is 216 Å². The van der Waals surface area contributed by atoms with Crippen molar-refractivity contribution in [2.24, 2.45) is 0 Å². The molecule has 1 aliphatic rings. The smallest absolute Gasteiger partial charge is 0.303 e. The Morgan fingerprint density at radius 3 is 2.43 bits per heavy atom. The van der Waals surface area contributed by atoms with Gasteiger partial charge >= 0.3 is 5.97 Å². The minimum Gasteiger partial charge on any atom is -0.489 e. The van der Waals surface area contributed by atoms with Gasteiger partial charge in [0.2, 0.25) is 0 Å². The maximum Gasteiger partial charge on any atom is 0.303 e. The van der Waals surface area contributed by atoms with Gasteiger partial charge in [-0.1, -0.05) is 47.5 Å². The van der Waals surface area contributed by atoms with E-state index >= 15 is 0 Å². The van der Waals surface area contributed by atoms with Crippen molar-refractivity contribution in [3.05, 3.63) is 99.9 Å². The normalized spacial score (nSPS) is 14.7. The predicted molar refractivity (Wildman–Crippen MR) is 138 cm³/mol. The fourth-order valence-corrected chi connectivity index (χ4v) is 4.85. The molecule has 1 heterocycles. The van der Waals surface area contributed by atoms with Crippen molar-refractivity contribution in [3.63, 3.8) is 0 Å². The van der Waals surface area contributed by atoms with E-state index in [4.69, 9.17) is 9.47 Å². The van der Waals surface area contributed by atoms with Crippen LogP contribution in [-0.4, -0.2) is 30.2 Å². The summed E-state index contributed by atoms with van der Waals surface area (Å²) in [5, 5.41) is 12.5. The lowest BCUT2D eigenvalue weighted by molar-refractivity contribution is -0.136. The number of rotatable bonds is 9. The maximum atomic E-state index is 13.8. The zero-order chi connectivity index (χ0) is 26.4. The number of carboxylic acid groups (broad SMARTS) is 1. The van der Waals surface area contributed by atoms with E-state index in [1.165, 1.54) is 12.1 Å². The van der Waals surface area contributed by atoms with Crippen molar-refractivity contribution >= 4 is 11.9 Å². The predicted octanol–water partition coefficient (Wildman–Crippen LogP) is 5.47. The van der Waals surface area contributed by atoms with Gasteiger partial charge in [0.25, 0.3) is 5.91 Å². The number of carbonyl (C=O) groups is 2. The highest BCUT2D eigenvalue weighted by Crippen LogP contribution is 2.34. The second-order valence-electron chi connectivity index (χ2n) is 9.66. The first-order valence-corrected chi connectivity index (χ1v) is 12.5. The van der Waals surface area contributed by atoms with Crippen LogP contribution in [0.15, 0.2) is 60.7 Å². The second-order valence-corrected chi connectivity index (χ2v) is 9.66. The lowest BCUT2D eigenvalue weighted by atomic mass is 9.81. The molecule has 3 aromatic rings. The van der Waals surface area contributed by atoms with E-state index in [0.29, 0.717) is 42.9 Å². The highest BCUT2D eigenvalue weighted by Gasteiger charge is 2.37. The van der Waals surface area contributed by atoms with Crippen LogP contribution in [0, 0.1) is 19.7 Å². The number of carbonyl (C=O) groups excluding carboxylic acids is 1. The van der Waals surface area contributed by atoms with Crippen LogP contribution in [0.1, 0.15) is 57.4 Å². The third-order valence-corrected chi connectivity index (χ3v) is 6.70. The average molecular weight is 506 g/mol. The van der Waals surface area contributed by atoms with Gasteiger partial charge in [0.05, 0.1) is 5.54 Å². The maximum absolute atomic E-state index is 13.8. The SMILES string of the molecule is Cc1cc(C)cc(C2(NC(=O)c3cc(COc4cccc(F)c4)ccc3CCC(=O)O)CCOCC2)c1. The molecular weight excluding hydrogens is 473 g/mol. The first-order valence-electron chi connectivity index (χ1n) is 12.5. The molecule has 0 radical (unpaired) electrons. The van der Waals surface area contributed by atoms with E-state index in [1.807, 2.05) is 13.8 Å². The summed E-state index contributed by atoms with van der Waals surface area (Å²) in [6.07, 6.45) is 1.40. The van der Waals surface area contributed by atoms with Gasteiger partial charge in [-0.2, -0.15) is 0 Å². The molecule has 1 fully saturated rings. The van der Waals surface area contributed by atoms with Crippen LogP contribution >= 0.6 is 0 Å². The molecule has 2 N–H and O–H groups in total. The van der Waals surface area contributed by atoms with Gasteiger partial charge in [0, 0.05) is 31.3 Å². The van der Waals surface area contributed by atoms with Gasteiger partial charge in [0.15, 0.2) is 0 Å². The van der Waals surface area contributed by atoms with Gasteiger partial charge in [-0.25, -0.2) is 4.39 Å². The highest BCUT2D eigenvalue weighted by molar-refractivity contribution is 5.96. The molecule has 194 valence electrons. The quantitative estimate of drug-likeness (QED) is 0.403. The zero-order valence-electron chi connectivity index (χ0n) is 21.2. The molecular formula is C30H32FNO5. The molecule has 0 atom stereocenters. The Morgan fingerprint density at radius 2 is 1.76 bits per heavy atom. The van der Waals surface area contributed by atoms with Crippen LogP contribution in [0.5, 0.6) is 5.75 Å². The fourth-order valence-electron chi connectivity index (χ4n) is 4.85. The summed E-state index contributed by atoms with van der Waals surface area (Å²) < 4.78 is 24.9. The number of hydrogen-bond donors (Lipinski definition) is 2. The zero-order valence-corrected chi connectivity index (χ0v) is 21.2. The molecule has 0 spiro atoms. The summed E-state index contributed by atoms with van der Waals surface area (Å²) in [7, 11) is 0. The van der Waals surface area contributed by atoms with E-state index in [1.54, 1.807) is 30.3 Å². The van der Waals surface area contributed by atoms with E-state index in [2.05, 4.69) is 23.5 Å². The van der Waals surface area contributed by atoms with Crippen LogP contribution in [-0.2, 0) is 28.1 Å². The number of aliphatic carboxylic acids is 1. The topological polar surface area (TPSA) is 84.9 Å². The Morgan fingerprint density at radius 1 is 1.03 bits per heavy atom. The molecule has 4 rings (SSSR count). The van der Waals surface area contributed by atoms with Gasteiger partial charge < -0.3 is 19.9 Å². The Kier molecular flexibility index (Phi) is 8.24. The Hall–Kier alpha value is -3.71. The van der Waals surface area contributed by atoms with E-state index in [0.717, 1.165) is 22.3 Å². The van der Waals surface area contributed by atoms with E-state index < -0.39 is 17.3 Å². The Balaban J connectivity index is 1.64. The Bertz CT molecular complexity index is 1260. The first kappa shape index (κ1) is 26.4. The largest absolute Gasteiger partial charge is 0.489 e. The molecule has 7 heteroatoms. The summed E-state index contributed by atoms with van der Waals surface area (Å²) in [4.78, 5) is 25.1. The molecule has 0 aromatic heterocycles. The van der Waals surface area contributed by atoms with Crippen molar-refractivity contribution in [1.29, 1.82) is 0 Å². The third kappa shape index (κ3) is 6.74. The molecule has 0 saturated carbocycles. The van der Waals surface area contributed by atoms with E-state index in [9.17, 15) is 19.1 Å². The number of carboxylic acids is 1. The fraction of sp³-hybridized carbons (Fsp3) is 0.333. The van der Waals surface area contributed by atoms with Crippen molar-refractivity contribution in [3.8, 4) is 5.75 Å². The monoisotopic (exact) mass is 505 g/mol. The summed E-state index contributed by atoms with van der Waals surface area (Å²) >= 11 is 0. The van der Waals surface area contributed by atoms with Crippen LogP contribution < -0.4 is 10.1 Å². The molecule has 6 nitrogen and oxygen atoms in total. The molecule has 1 saturated heterocycles. The average Bonchev–Trinajstić information content (AvgIpc) is 2.86. The molecule has 1 amide bonds. The molecule has 1 aliphatic heterocycles. The summed E-state index contributed by atoms with van der Waals surface area (Å²) in [5.74, 6) is -1.21. The van der Waals surface area contributed by atoms with Gasteiger partial charge in [-0.15, -0.1) is 0 Å². The van der Waals surface area contributed by atoms with Crippen molar-refractivity contribution in [2.45, 2.75) is 51.7 Å². The van der Waals surface area contributed by atoms with Crippen LogP contribution in [0.2, 0.25) is 0 Å². The molecule has 37 heavy (non-hydrogen) atoms. The molecule has 0 bridgehead atoms. The first-order chi connectivity index (χ1) is 17.7. The third-order valence-electron chi connectivity index (χ3n) is 6.70. The number of aryl methyl sites for hydroxylation is 3. The minimum atomic E-state index is -0.930. The minimum absolute atomic E-state index is 0.0878. The van der Waals surface area contributed by atoms with Crippen molar-refractivity contribution in [2.75, 3.05) is 13.2 Å². The standard InChI is InChI=1S/C30H32FNO5/c1-20-14-21(2)16-24(15-20)30(10-12-36-13-11-30)32-29(35)27-17-22(6-7-23(27)8-9-28(33)34)19-37-26-5-3-4-25(31)18-26/h3-7,14-18H,8-13,19H2,1-2H3,(H,32,35)(H,33,34). The molecule has 3 aromatic carbocycles. The van der Waals surface area contributed by atoms with Gasteiger partial charge in [0.1, 0.15) is 18.2 Å². The summed E-state index contributed by atoms with van der Waals surface area (Å²) in [6, 6.07) is 17.5. The highest BCUT2D eigenvalue weighted by atomic mass is 19.1. The number of nitrogens with one attached hydrogen (secondary N) is 1. The number of hydrogen-bond acceptors (Lipinski definition) is 4. The number of halogens is 1. The molecule has 0 unspecified atom stereocenters. The summed E-state index contributed by atoms with van der Waals surface area (Å²) in [5.41, 5.74) is 4.47. The number of benzene rings is 3. The van der Waals surface area contributed by atoms with Crippen LogP contribution in [0.4, 0.5) is 4.39 Å². The van der Waals surface area contributed by atoms with E-state index in [-0.39, 0.29) is 25.4 Å². The van der Waals surface area contributed by atoms with Crippen LogP contribution in [0.25, 0.3) is 0 Å². The number of amides is 1. The molecule has 0 aliphatic carbocycles. The number of ether oxygens (including phenoxy) is 2. The lowest BCUT2D eigenvalue weighted by Gasteiger charge is -2.39. The summed E-state index contributed by atoms with van der Waals surface area (Å²) in [6.45, 7) is 5.27. The van der Waals surface area contributed by atoms with Crippen molar-refractivity contribution in [1.82, 2.24) is 5.32 Å². The van der Waals surface area contributed by atoms with Gasteiger partial charge in [-0.3, -0.25) is 9.59 Å². The van der Waals surface area contributed by atoms with Gasteiger partial charge in [-0.05, 0) is 68.0 Å². The lowest BCUT2D eigenvalue weighted by Crippen LogP contribution is -2.49.